The Balaban J connectivity index is 0.00000242. The number of guanidine groups is 1. The van der Waals surface area contributed by atoms with Crippen molar-refractivity contribution in [2.45, 2.75) is 31.6 Å². The SMILES string of the molecule is CCNC(=NCc1cc(F)ccc1Br)NCC1CCCS1.I. The number of nitrogens with one attached hydrogen (secondary N) is 2. The van der Waals surface area contributed by atoms with Gasteiger partial charge in [-0.2, -0.15) is 11.8 Å². The molecule has 1 saturated heterocycles. The molecule has 0 spiro atoms. The largest absolute Gasteiger partial charge is 0.357 e. The molecule has 0 radical (unpaired) electrons. The van der Waals surface area contributed by atoms with Crippen LogP contribution in [0.25, 0.3) is 0 Å². The van der Waals surface area contributed by atoms with Crippen LogP contribution in [0.5, 0.6) is 0 Å². The molecule has 0 aromatic heterocycles. The minimum absolute atomic E-state index is 0. The molecule has 1 heterocycles. The zero-order valence-corrected chi connectivity index (χ0v) is 17.3. The summed E-state index contributed by atoms with van der Waals surface area (Å²) in [5, 5.41) is 7.28. The number of halogens is 3. The van der Waals surface area contributed by atoms with E-state index in [2.05, 4.69) is 31.6 Å². The van der Waals surface area contributed by atoms with Crippen molar-refractivity contribution in [2.24, 2.45) is 4.99 Å². The monoisotopic (exact) mass is 501 g/mol. The summed E-state index contributed by atoms with van der Waals surface area (Å²) < 4.78 is 14.2. The van der Waals surface area contributed by atoms with Crippen LogP contribution in [0, 0.1) is 5.82 Å². The van der Waals surface area contributed by atoms with Crippen LogP contribution < -0.4 is 10.6 Å². The van der Waals surface area contributed by atoms with E-state index in [1.807, 2.05) is 18.7 Å². The Morgan fingerprint density at radius 1 is 1.45 bits per heavy atom. The zero-order valence-electron chi connectivity index (χ0n) is 12.6. The molecule has 124 valence electrons. The van der Waals surface area contributed by atoms with Gasteiger partial charge in [-0.25, -0.2) is 9.38 Å². The van der Waals surface area contributed by atoms with Crippen molar-refractivity contribution in [1.82, 2.24) is 10.6 Å². The predicted octanol–water partition coefficient (Wildman–Crippen LogP) is 4.16. The summed E-state index contributed by atoms with van der Waals surface area (Å²) in [6.07, 6.45) is 2.58. The Labute approximate surface area is 161 Å². The highest BCUT2D eigenvalue weighted by Gasteiger charge is 2.15. The average Bonchev–Trinajstić information content (AvgIpc) is 2.98. The molecule has 0 bridgehead atoms. The van der Waals surface area contributed by atoms with E-state index in [9.17, 15) is 4.39 Å². The molecule has 1 fully saturated rings. The van der Waals surface area contributed by atoms with Crippen molar-refractivity contribution >= 4 is 57.6 Å². The molecule has 1 aliphatic heterocycles. The van der Waals surface area contributed by atoms with Gasteiger partial charge in [-0.3, -0.25) is 0 Å². The maximum atomic E-state index is 13.3. The Hall–Kier alpha value is -0.0200. The van der Waals surface area contributed by atoms with Gasteiger partial charge in [0.2, 0.25) is 0 Å². The van der Waals surface area contributed by atoms with E-state index < -0.39 is 0 Å². The molecule has 7 heteroatoms. The van der Waals surface area contributed by atoms with Crippen molar-refractivity contribution in [3.05, 3.63) is 34.1 Å². The Bertz CT molecular complexity index is 496. The molecular weight excluding hydrogens is 480 g/mol. The highest BCUT2D eigenvalue weighted by Crippen LogP contribution is 2.25. The lowest BCUT2D eigenvalue weighted by molar-refractivity contribution is 0.625. The Morgan fingerprint density at radius 2 is 2.27 bits per heavy atom. The first-order chi connectivity index (χ1) is 10.2. The number of rotatable bonds is 5. The molecule has 2 N–H and O–H groups in total. The van der Waals surface area contributed by atoms with Gasteiger partial charge in [0.05, 0.1) is 6.54 Å². The maximum absolute atomic E-state index is 13.3. The minimum Gasteiger partial charge on any atom is -0.357 e. The van der Waals surface area contributed by atoms with Crippen LogP contribution in [0.15, 0.2) is 27.7 Å². The smallest absolute Gasteiger partial charge is 0.191 e. The zero-order chi connectivity index (χ0) is 15.1. The molecule has 0 aliphatic carbocycles. The lowest BCUT2D eigenvalue weighted by Crippen LogP contribution is -2.40. The molecule has 2 rings (SSSR count). The van der Waals surface area contributed by atoms with Gasteiger partial charge in [-0.1, -0.05) is 15.9 Å². The van der Waals surface area contributed by atoms with E-state index in [1.54, 1.807) is 6.07 Å². The van der Waals surface area contributed by atoms with Crippen molar-refractivity contribution in [3.63, 3.8) is 0 Å². The third kappa shape index (κ3) is 6.62. The van der Waals surface area contributed by atoms with Crippen molar-refractivity contribution in [2.75, 3.05) is 18.8 Å². The summed E-state index contributed by atoms with van der Waals surface area (Å²) in [5.41, 5.74) is 0.849. The number of nitrogens with zero attached hydrogens (tertiary/aromatic N) is 1. The first-order valence-electron chi connectivity index (χ1n) is 7.26. The maximum Gasteiger partial charge on any atom is 0.191 e. The van der Waals surface area contributed by atoms with Crippen LogP contribution in [0.1, 0.15) is 25.3 Å². The highest BCUT2D eigenvalue weighted by molar-refractivity contribution is 14.0. The lowest BCUT2D eigenvalue weighted by Gasteiger charge is -2.14. The Kier molecular flexibility index (Phi) is 9.74. The first kappa shape index (κ1) is 20.0. The molecule has 1 unspecified atom stereocenters. The summed E-state index contributed by atoms with van der Waals surface area (Å²) in [4.78, 5) is 4.54. The van der Waals surface area contributed by atoms with Crippen LogP contribution in [0.4, 0.5) is 4.39 Å². The van der Waals surface area contributed by atoms with E-state index in [-0.39, 0.29) is 29.8 Å². The predicted molar refractivity (Wildman–Crippen MR) is 108 cm³/mol. The summed E-state index contributed by atoms with van der Waals surface area (Å²) in [6, 6.07) is 4.68. The Morgan fingerprint density at radius 3 is 2.95 bits per heavy atom. The number of hydrogen-bond donors (Lipinski definition) is 2. The molecule has 0 saturated carbocycles. The summed E-state index contributed by atoms with van der Waals surface area (Å²) in [5.74, 6) is 1.82. The number of hydrogen-bond acceptors (Lipinski definition) is 2. The molecule has 3 nitrogen and oxygen atoms in total. The fourth-order valence-corrected chi connectivity index (χ4v) is 3.76. The summed E-state index contributed by atoms with van der Waals surface area (Å²) >= 11 is 5.45. The van der Waals surface area contributed by atoms with Gasteiger partial charge in [0.25, 0.3) is 0 Å². The van der Waals surface area contributed by atoms with Gasteiger partial charge in [-0.05, 0) is 49.3 Å². The van der Waals surface area contributed by atoms with Gasteiger partial charge in [0, 0.05) is 22.8 Å². The molecule has 1 aliphatic rings. The highest BCUT2D eigenvalue weighted by atomic mass is 127. The topological polar surface area (TPSA) is 36.4 Å². The molecule has 1 aromatic carbocycles. The van der Waals surface area contributed by atoms with E-state index in [0.717, 1.165) is 29.1 Å². The quantitative estimate of drug-likeness (QED) is 0.361. The van der Waals surface area contributed by atoms with Crippen molar-refractivity contribution < 1.29 is 4.39 Å². The number of aliphatic imine (C=N–C) groups is 1. The third-order valence-corrected chi connectivity index (χ3v) is 5.45. The summed E-state index contributed by atoms with van der Waals surface area (Å²) in [6.45, 7) is 4.24. The van der Waals surface area contributed by atoms with Gasteiger partial charge in [0.15, 0.2) is 5.96 Å². The second-order valence-corrected chi connectivity index (χ2v) is 7.21. The second kappa shape index (κ2) is 10.7. The van der Waals surface area contributed by atoms with Crippen LogP contribution in [0.2, 0.25) is 0 Å². The van der Waals surface area contributed by atoms with Gasteiger partial charge < -0.3 is 10.6 Å². The molecule has 0 amide bonds. The molecule has 1 aromatic rings. The van der Waals surface area contributed by atoms with E-state index in [4.69, 9.17) is 0 Å². The van der Waals surface area contributed by atoms with Gasteiger partial charge in [-0.15, -0.1) is 24.0 Å². The van der Waals surface area contributed by atoms with Crippen molar-refractivity contribution in [3.8, 4) is 0 Å². The fourth-order valence-electron chi connectivity index (χ4n) is 2.19. The van der Waals surface area contributed by atoms with Crippen LogP contribution >= 0.6 is 51.7 Å². The average molecular weight is 502 g/mol. The molecular formula is C15H22BrFIN3S. The van der Waals surface area contributed by atoms with Gasteiger partial charge in [0.1, 0.15) is 5.82 Å². The standard InChI is InChI=1S/C15H21BrFN3S.HI/c1-2-18-15(20-10-13-4-3-7-21-13)19-9-11-8-12(17)5-6-14(11)16;/h5-6,8,13H,2-4,7,9-10H2,1H3,(H2,18,19,20);1H. The first-order valence-corrected chi connectivity index (χ1v) is 9.11. The molecule has 1 atom stereocenters. The number of thioether (sulfide) groups is 1. The summed E-state index contributed by atoms with van der Waals surface area (Å²) in [7, 11) is 0. The fraction of sp³-hybridized carbons (Fsp3) is 0.533. The second-order valence-electron chi connectivity index (χ2n) is 4.95. The van der Waals surface area contributed by atoms with Crippen LogP contribution in [-0.2, 0) is 6.54 Å². The lowest BCUT2D eigenvalue weighted by atomic mass is 10.2. The number of benzene rings is 1. The normalized spacial score (nSPS) is 18.0. The van der Waals surface area contributed by atoms with E-state index in [1.165, 1.54) is 30.7 Å². The van der Waals surface area contributed by atoms with E-state index in [0.29, 0.717) is 11.8 Å². The van der Waals surface area contributed by atoms with E-state index >= 15 is 0 Å². The van der Waals surface area contributed by atoms with Crippen molar-refractivity contribution in [1.29, 1.82) is 0 Å². The third-order valence-electron chi connectivity index (χ3n) is 3.28. The van der Waals surface area contributed by atoms with Crippen LogP contribution in [-0.4, -0.2) is 30.1 Å². The van der Waals surface area contributed by atoms with Crippen LogP contribution in [0.3, 0.4) is 0 Å². The minimum atomic E-state index is -0.233. The molecule has 22 heavy (non-hydrogen) atoms. The van der Waals surface area contributed by atoms with Gasteiger partial charge >= 0.3 is 0 Å².